The van der Waals surface area contributed by atoms with Crippen molar-refractivity contribution in [1.82, 2.24) is 5.32 Å². The number of nitrogens with one attached hydrogen (secondary N) is 1. The monoisotopic (exact) mass is 251 g/mol. The Labute approximate surface area is 105 Å². The maximum Gasteiger partial charge on any atom is 0.339 e. The summed E-state index contributed by atoms with van der Waals surface area (Å²) in [6.07, 6.45) is 3.22. The van der Waals surface area contributed by atoms with E-state index in [1.165, 1.54) is 13.2 Å². The Morgan fingerprint density at radius 3 is 2.78 bits per heavy atom. The Balaban J connectivity index is 2.41. The molecule has 0 spiro atoms. The molecule has 0 bridgehead atoms. The van der Waals surface area contributed by atoms with Crippen molar-refractivity contribution in [3.8, 4) is 11.5 Å². The summed E-state index contributed by atoms with van der Waals surface area (Å²) >= 11 is 0. The minimum Gasteiger partial charge on any atom is -0.504 e. The summed E-state index contributed by atoms with van der Waals surface area (Å²) in [5.41, 5.74) is 0.735. The van der Waals surface area contributed by atoms with E-state index < -0.39 is 5.97 Å². The number of hydrogen-bond donors (Lipinski definition) is 3. The number of phenols is 1. The molecule has 1 fully saturated rings. The molecule has 1 aromatic carbocycles. The van der Waals surface area contributed by atoms with E-state index in [2.05, 4.69) is 5.32 Å². The van der Waals surface area contributed by atoms with Crippen LogP contribution in [0.25, 0.3) is 0 Å². The molecule has 0 aromatic heterocycles. The highest BCUT2D eigenvalue weighted by Crippen LogP contribution is 2.35. The van der Waals surface area contributed by atoms with E-state index in [0.29, 0.717) is 0 Å². The molecule has 5 heteroatoms. The van der Waals surface area contributed by atoms with E-state index in [0.717, 1.165) is 31.4 Å². The van der Waals surface area contributed by atoms with Gasteiger partial charge < -0.3 is 20.3 Å². The fourth-order valence-corrected chi connectivity index (χ4v) is 2.29. The molecule has 1 aliphatic heterocycles. The molecule has 1 heterocycles. The van der Waals surface area contributed by atoms with Gasteiger partial charge in [0.05, 0.1) is 7.11 Å². The number of aromatic hydroxyl groups is 1. The largest absolute Gasteiger partial charge is 0.504 e. The molecular weight excluding hydrogens is 234 g/mol. The Bertz CT molecular complexity index is 453. The van der Waals surface area contributed by atoms with E-state index >= 15 is 0 Å². The van der Waals surface area contributed by atoms with Crippen LogP contribution in [0.5, 0.6) is 11.5 Å². The lowest BCUT2D eigenvalue weighted by molar-refractivity contribution is 0.0693. The van der Waals surface area contributed by atoms with Gasteiger partial charge in [-0.25, -0.2) is 4.79 Å². The maximum absolute atomic E-state index is 11.1. The molecule has 1 saturated heterocycles. The highest BCUT2D eigenvalue weighted by atomic mass is 16.5. The van der Waals surface area contributed by atoms with Gasteiger partial charge >= 0.3 is 5.97 Å². The zero-order chi connectivity index (χ0) is 13.1. The quantitative estimate of drug-likeness (QED) is 0.764. The number of carboxylic acids is 1. The van der Waals surface area contributed by atoms with Gasteiger partial charge in [0.25, 0.3) is 0 Å². The van der Waals surface area contributed by atoms with Crippen LogP contribution >= 0.6 is 0 Å². The number of ether oxygens (including phenoxy) is 1. The third-order valence-corrected chi connectivity index (χ3v) is 3.26. The number of piperidine rings is 1. The van der Waals surface area contributed by atoms with Gasteiger partial charge in [-0.1, -0.05) is 6.42 Å². The van der Waals surface area contributed by atoms with Crippen molar-refractivity contribution in [3.05, 3.63) is 23.3 Å². The van der Waals surface area contributed by atoms with Gasteiger partial charge in [0, 0.05) is 6.04 Å². The van der Waals surface area contributed by atoms with Crippen molar-refractivity contribution in [3.63, 3.8) is 0 Å². The third kappa shape index (κ3) is 2.41. The fraction of sp³-hybridized carbons (Fsp3) is 0.462. The minimum absolute atomic E-state index is 0.114. The molecule has 1 unspecified atom stereocenters. The number of benzene rings is 1. The standard InChI is InChI=1S/C13H17NO4/c1-18-11-7-8(10-4-2-3-5-14-10)6-9(12(11)15)13(16)17/h6-7,10,14-15H,2-5H2,1H3,(H,16,17). The molecule has 0 amide bonds. The van der Waals surface area contributed by atoms with Crippen LogP contribution in [0.15, 0.2) is 12.1 Å². The zero-order valence-corrected chi connectivity index (χ0v) is 10.3. The van der Waals surface area contributed by atoms with Gasteiger partial charge in [-0.2, -0.15) is 0 Å². The van der Waals surface area contributed by atoms with E-state index in [1.54, 1.807) is 6.07 Å². The number of methoxy groups -OCH3 is 1. The summed E-state index contributed by atoms with van der Waals surface area (Å²) in [5.74, 6) is -1.26. The zero-order valence-electron chi connectivity index (χ0n) is 10.3. The normalized spacial score (nSPS) is 19.5. The van der Waals surface area contributed by atoms with Gasteiger partial charge in [0.2, 0.25) is 0 Å². The summed E-state index contributed by atoms with van der Waals surface area (Å²) < 4.78 is 5.03. The Kier molecular flexibility index (Phi) is 3.72. The molecule has 18 heavy (non-hydrogen) atoms. The molecule has 1 aromatic rings. The average Bonchev–Trinajstić information content (AvgIpc) is 2.39. The van der Waals surface area contributed by atoms with Crippen molar-refractivity contribution >= 4 is 5.97 Å². The van der Waals surface area contributed by atoms with E-state index in [-0.39, 0.29) is 23.1 Å². The first-order valence-corrected chi connectivity index (χ1v) is 6.01. The topological polar surface area (TPSA) is 78.8 Å². The van der Waals surface area contributed by atoms with Gasteiger partial charge in [0.15, 0.2) is 11.5 Å². The fourth-order valence-electron chi connectivity index (χ4n) is 2.29. The molecule has 0 radical (unpaired) electrons. The Hall–Kier alpha value is -1.75. The molecule has 0 saturated carbocycles. The molecule has 3 N–H and O–H groups in total. The van der Waals surface area contributed by atoms with Gasteiger partial charge in [0.1, 0.15) is 5.56 Å². The first-order valence-electron chi connectivity index (χ1n) is 6.01. The van der Waals surface area contributed by atoms with Crippen LogP contribution in [-0.2, 0) is 0 Å². The van der Waals surface area contributed by atoms with Crippen LogP contribution in [0, 0.1) is 0 Å². The SMILES string of the molecule is COc1cc(C2CCCCN2)cc(C(=O)O)c1O. The second-order valence-corrected chi connectivity index (χ2v) is 4.43. The lowest BCUT2D eigenvalue weighted by Crippen LogP contribution is -2.27. The molecule has 1 aliphatic rings. The van der Waals surface area contributed by atoms with E-state index in [4.69, 9.17) is 9.84 Å². The summed E-state index contributed by atoms with van der Waals surface area (Å²) in [7, 11) is 1.42. The number of hydrogen-bond acceptors (Lipinski definition) is 4. The molecular formula is C13H17NO4. The first kappa shape index (κ1) is 12.7. The van der Waals surface area contributed by atoms with Crippen LogP contribution in [0.3, 0.4) is 0 Å². The highest BCUT2D eigenvalue weighted by Gasteiger charge is 2.21. The molecule has 1 atom stereocenters. The predicted molar refractivity (Wildman–Crippen MR) is 66.2 cm³/mol. The number of aromatic carboxylic acids is 1. The lowest BCUT2D eigenvalue weighted by atomic mass is 9.95. The summed E-state index contributed by atoms with van der Waals surface area (Å²) in [4.78, 5) is 11.1. The third-order valence-electron chi connectivity index (χ3n) is 3.26. The van der Waals surface area contributed by atoms with Crippen molar-refractivity contribution in [1.29, 1.82) is 0 Å². The molecule has 2 rings (SSSR count). The minimum atomic E-state index is -1.15. The average molecular weight is 251 g/mol. The number of carboxylic acid groups (broad SMARTS) is 1. The lowest BCUT2D eigenvalue weighted by Gasteiger charge is -2.24. The summed E-state index contributed by atoms with van der Waals surface area (Å²) in [6.45, 7) is 0.927. The Morgan fingerprint density at radius 2 is 2.22 bits per heavy atom. The molecule has 5 nitrogen and oxygen atoms in total. The van der Waals surface area contributed by atoms with Crippen molar-refractivity contribution in [2.45, 2.75) is 25.3 Å². The Morgan fingerprint density at radius 1 is 1.44 bits per heavy atom. The van der Waals surface area contributed by atoms with Crippen LogP contribution < -0.4 is 10.1 Å². The van der Waals surface area contributed by atoms with Gasteiger partial charge in [-0.15, -0.1) is 0 Å². The predicted octanol–water partition coefficient (Wildman–Crippen LogP) is 1.91. The van der Waals surface area contributed by atoms with E-state index in [9.17, 15) is 9.90 Å². The van der Waals surface area contributed by atoms with Crippen LogP contribution in [0.4, 0.5) is 0 Å². The van der Waals surface area contributed by atoms with Gasteiger partial charge in [-0.3, -0.25) is 0 Å². The number of rotatable bonds is 3. The van der Waals surface area contributed by atoms with Crippen molar-refractivity contribution in [2.24, 2.45) is 0 Å². The second kappa shape index (κ2) is 5.27. The van der Waals surface area contributed by atoms with Crippen molar-refractivity contribution < 1.29 is 19.7 Å². The second-order valence-electron chi connectivity index (χ2n) is 4.43. The molecule has 98 valence electrons. The van der Waals surface area contributed by atoms with Crippen molar-refractivity contribution in [2.75, 3.05) is 13.7 Å². The van der Waals surface area contributed by atoms with Crippen LogP contribution in [0.1, 0.15) is 41.2 Å². The van der Waals surface area contributed by atoms with Crippen LogP contribution in [0.2, 0.25) is 0 Å². The highest BCUT2D eigenvalue weighted by molar-refractivity contribution is 5.92. The number of carbonyl (C=O) groups is 1. The van der Waals surface area contributed by atoms with Crippen LogP contribution in [-0.4, -0.2) is 29.8 Å². The van der Waals surface area contributed by atoms with Gasteiger partial charge in [-0.05, 0) is 37.1 Å². The van der Waals surface area contributed by atoms with E-state index in [1.807, 2.05) is 0 Å². The summed E-state index contributed by atoms with van der Waals surface area (Å²) in [6, 6.07) is 3.35. The molecule has 0 aliphatic carbocycles. The maximum atomic E-state index is 11.1. The smallest absolute Gasteiger partial charge is 0.339 e. The first-order chi connectivity index (χ1) is 8.63. The summed E-state index contributed by atoms with van der Waals surface area (Å²) in [5, 5.41) is 22.2.